The van der Waals surface area contributed by atoms with Gasteiger partial charge in [0.25, 0.3) is 8.32 Å². The summed E-state index contributed by atoms with van der Waals surface area (Å²) in [4.78, 5) is 15.0. The van der Waals surface area contributed by atoms with Crippen molar-refractivity contribution in [1.29, 1.82) is 0 Å². The molecular weight excluding hydrogens is 559 g/mol. The van der Waals surface area contributed by atoms with Crippen LogP contribution in [0.3, 0.4) is 0 Å². The lowest BCUT2D eigenvalue weighted by atomic mass is 10.2. The minimum Gasteiger partial charge on any atom is -0.397 e. The van der Waals surface area contributed by atoms with Crippen molar-refractivity contribution in [2.75, 3.05) is 0 Å². The number of carbonyl (C=O) groups excluding carboxylic acids is 1. The molecule has 0 radical (unpaired) electrons. The van der Waals surface area contributed by atoms with E-state index in [1.54, 1.807) is 0 Å². The summed E-state index contributed by atoms with van der Waals surface area (Å²) in [6.07, 6.45) is -0.651. The molecule has 5 aromatic rings. The Balaban J connectivity index is 1.76. The lowest BCUT2D eigenvalue weighted by Crippen LogP contribution is -2.68. The summed E-state index contributed by atoms with van der Waals surface area (Å²) < 4.78 is 7.35. The Hall–Kier alpha value is -3.75. The molecule has 0 heterocycles. The van der Waals surface area contributed by atoms with E-state index in [9.17, 15) is 4.79 Å². The molecule has 1 atom stereocenters. The molecule has 43 heavy (non-hydrogen) atoms. The lowest BCUT2D eigenvalue weighted by molar-refractivity contribution is -0.118. The highest BCUT2D eigenvalue weighted by Crippen LogP contribution is 2.47. The van der Waals surface area contributed by atoms with Gasteiger partial charge >= 0.3 is 0 Å². The quantitative estimate of drug-likeness (QED) is 0.139. The largest absolute Gasteiger partial charge is 0.397 e. The Bertz CT molecular complexity index is 1550. The topological polar surface area (TPSA) is 26.3 Å². The van der Waals surface area contributed by atoms with Crippen molar-refractivity contribution in [3.8, 4) is 0 Å². The van der Waals surface area contributed by atoms with Crippen LogP contribution in [0.25, 0.3) is 0 Å². The van der Waals surface area contributed by atoms with Crippen LogP contribution >= 0.6 is 6.89 Å². The number of ketones is 1. The summed E-state index contributed by atoms with van der Waals surface area (Å²) in [5.74, 6) is 0.0536. The fraction of sp³-hybridized carbons (Fsp3) is 0.179. The van der Waals surface area contributed by atoms with Crippen molar-refractivity contribution in [2.24, 2.45) is 0 Å². The fourth-order valence-electron chi connectivity index (χ4n) is 6.45. The van der Waals surface area contributed by atoms with Crippen LogP contribution in [-0.4, -0.2) is 25.5 Å². The highest BCUT2D eigenvalue weighted by atomic mass is 31.2. The van der Waals surface area contributed by atoms with Crippen LogP contribution < -0.4 is 26.3 Å². The predicted molar refractivity (Wildman–Crippen MR) is 189 cm³/mol. The number of Topliss-reactive ketones (excluding diaryl/α,β-unsaturated/α-hetero) is 1. The molecule has 0 N–H and O–H groups in total. The average Bonchev–Trinajstić information content (AvgIpc) is 3.05. The molecule has 4 heteroatoms. The summed E-state index contributed by atoms with van der Waals surface area (Å²) >= 11 is 0. The molecule has 5 rings (SSSR count). The molecule has 0 spiro atoms. The van der Waals surface area contributed by atoms with Gasteiger partial charge in [-0.25, -0.2) is 0 Å². The summed E-state index contributed by atoms with van der Waals surface area (Å²) in [5.41, 5.74) is 0. The highest BCUT2D eigenvalue weighted by Gasteiger charge is 2.52. The number of hydrogen-bond donors (Lipinski definition) is 0. The van der Waals surface area contributed by atoms with Crippen LogP contribution in [0.2, 0.25) is 5.04 Å². The van der Waals surface area contributed by atoms with E-state index in [2.05, 4.69) is 142 Å². The second-order valence-electron chi connectivity index (χ2n) is 12.1. The van der Waals surface area contributed by atoms with Crippen molar-refractivity contribution in [2.45, 2.75) is 45.8 Å². The monoisotopic (exact) mass is 600 g/mol. The maximum absolute atomic E-state index is 15.0. The first-order valence-corrected chi connectivity index (χ1v) is 18.7. The summed E-state index contributed by atoms with van der Waals surface area (Å²) in [5, 5.41) is 6.44. The molecule has 218 valence electrons. The molecule has 2 nitrogen and oxygen atoms in total. The Morgan fingerprint density at radius 1 is 0.581 bits per heavy atom. The number of rotatable bonds is 9. The van der Waals surface area contributed by atoms with Crippen LogP contribution in [0.5, 0.6) is 0 Å². The van der Waals surface area contributed by atoms with Crippen molar-refractivity contribution in [3.05, 3.63) is 152 Å². The molecule has 0 saturated heterocycles. The lowest BCUT2D eigenvalue weighted by Gasteiger charge is -2.44. The van der Waals surface area contributed by atoms with Gasteiger partial charge in [0.2, 0.25) is 0 Å². The van der Waals surface area contributed by atoms with Gasteiger partial charge in [-0.05, 0) is 52.1 Å². The summed E-state index contributed by atoms with van der Waals surface area (Å²) in [6, 6.07) is 52.8. The van der Waals surface area contributed by atoms with E-state index >= 15 is 0 Å². The first-order valence-electron chi connectivity index (χ1n) is 15.0. The molecule has 0 aliphatic carbocycles. The van der Waals surface area contributed by atoms with Gasteiger partial charge in [0.05, 0.1) is 0 Å². The van der Waals surface area contributed by atoms with Crippen LogP contribution in [-0.2, 0) is 9.22 Å². The maximum Gasteiger partial charge on any atom is 0.262 e. The van der Waals surface area contributed by atoms with Crippen molar-refractivity contribution in [3.63, 3.8) is 0 Å². The Morgan fingerprint density at radius 3 is 1.19 bits per heavy atom. The van der Waals surface area contributed by atoms with Crippen LogP contribution in [0.1, 0.15) is 34.6 Å². The molecule has 0 aliphatic rings. The third-order valence-electron chi connectivity index (χ3n) is 8.43. The Morgan fingerprint density at radius 2 is 0.884 bits per heavy atom. The SMILES string of the molecule is CC(C(=O)[C@@H](C)O[Si](c1ccccc1)(c1ccccc1)C(C)(C)C)=P(c1ccccc1)(c1ccccc1)c1ccccc1. The molecular formula is C39H41O2PSi. The smallest absolute Gasteiger partial charge is 0.262 e. The van der Waals surface area contributed by atoms with Crippen LogP contribution in [0, 0.1) is 0 Å². The minimum atomic E-state index is -2.94. The number of carbonyl (C=O) groups is 1. The van der Waals surface area contributed by atoms with Crippen LogP contribution in [0.15, 0.2) is 152 Å². The summed E-state index contributed by atoms with van der Waals surface area (Å²) in [7, 11) is -2.94. The average molecular weight is 601 g/mol. The molecule has 0 bridgehead atoms. The number of hydrogen-bond acceptors (Lipinski definition) is 2. The van der Waals surface area contributed by atoms with Crippen molar-refractivity contribution >= 4 is 52.6 Å². The molecule has 0 fully saturated rings. The zero-order valence-electron chi connectivity index (χ0n) is 25.8. The fourth-order valence-corrected chi connectivity index (χ4v) is 15.5. The minimum absolute atomic E-state index is 0.0536. The van der Waals surface area contributed by atoms with Gasteiger partial charge in [-0.15, -0.1) is 0 Å². The van der Waals surface area contributed by atoms with Gasteiger partial charge in [-0.3, -0.25) is 4.79 Å². The van der Waals surface area contributed by atoms with Crippen molar-refractivity contribution in [1.82, 2.24) is 0 Å². The first kappa shape index (κ1) is 30.7. The zero-order chi connectivity index (χ0) is 30.5. The second kappa shape index (κ2) is 12.9. The highest BCUT2D eigenvalue weighted by molar-refractivity contribution is 7.96. The van der Waals surface area contributed by atoms with E-state index < -0.39 is 21.3 Å². The molecule has 0 saturated carbocycles. The van der Waals surface area contributed by atoms with Gasteiger partial charge in [0, 0.05) is 5.29 Å². The standard InChI is InChI=1S/C39H41O2PSi/c1-31(41-43(39(3,4)5,36-27-17-9-18-28-36)37-29-19-10-20-30-37)38(40)32(2)42(33-21-11-6-12-22-33,34-23-13-7-14-24-34)35-25-15-8-16-26-35/h6-31H,1-5H3/t31-/m1/s1. The van der Waals surface area contributed by atoms with E-state index in [-0.39, 0.29) is 10.8 Å². The Kier molecular flexibility index (Phi) is 9.18. The van der Waals surface area contributed by atoms with Gasteiger partial charge in [-0.2, -0.15) is 0 Å². The maximum atomic E-state index is 15.0. The Labute approximate surface area is 258 Å². The third kappa shape index (κ3) is 5.66. The van der Waals surface area contributed by atoms with E-state index in [0.29, 0.717) is 0 Å². The van der Waals surface area contributed by atoms with Crippen LogP contribution in [0.4, 0.5) is 0 Å². The van der Waals surface area contributed by atoms with Gasteiger partial charge < -0.3 is 4.43 Å². The van der Waals surface area contributed by atoms with E-state index in [0.717, 1.165) is 21.2 Å². The van der Waals surface area contributed by atoms with Gasteiger partial charge in [-0.1, -0.05) is 172 Å². The molecule has 0 unspecified atom stereocenters. The molecule has 0 aromatic heterocycles. The van der Waals surface area contributed by atoms with Crippen molar-refractivity contribution < 1.29 is 9.22 Å². The normalized spacial score (nSPS) is 12.9. The third-order valence-corrected chi connectivity index (χ3v) is 18.0. The van der Waals surface area contributed by atoms with E-state index in [1.165, 1.54) is 10.4 Å². The molecule has 0 aliphatic heterocycles. The molecule has 5 aromatic carbocycles. The van der Waals surface area contributed by atoms with Gasteiger partial charge in [0.15, 0.2) is 5.78 Å². The summed E-state index contributed by atoms with van der Waals surface area (Å²) in [6.45, 7) is 8.26. The van der Waals surface area contributed by atoms with E-state index in [1.807, 2.05) is 44.2 Å². The van der Waals surface area contributed by atoms with E-state index in [4.69, 9.17) is 4.43 Å². The second-order valence-corrected chi connectivity index (χ2v) is 19.9. The molecule has 0 amide bonds. The van der Waals surface area contributed by atoms with Gasteiger partial charge in [0.1, 0.15) is 6.10 Å². The number of benzene rings is 5. The first-order chi connectivity index (χ1) is 20.7. The zero-order valence-corrected chi connectivity index (χ0v) is 27.7. The predicted octanol–water partition coefficient (Wildman–Crippen LogP) is 6.71.